The highest BCUT2D eigenvalue weighted by Gasteiger charge is 2.25. The molecule has 2 aromatic heterocycles. The van der Waals surface area contributed by atoms with Gasteiger partial charge in [-0.2, -0.15) is 0 Å². The second kappa shape index (κ2) is 8.99. The molecule has 0 saturated carbocycles. The van der Waals surface area contributed by atoms with Gasteiger partial charge in [0.15, 0.2) is 0 Å². The first kappa shape index (κ1) is 20.6. The average Bonchev–Trinajstić information content (AvgIpc) is 2.78. The molecule has 0 unspecified atom stereocenters. The van der Waals surface area contributed by atoms with Gasteiger partial charge in [0.1, 0.15) is 12.4 Å². The minimum Gasteiger partial charge on any atom is -0.491 e. The maximum Gasteiger partial charge on any atom is 0.316 e. The van der Waals surface area contributed by atoms with Crippen LogP contribution in [0.15, 0.2) is 48.9 Å². The molecule has 8 heteroatoms. The molecule has 0 bridgehead atoms. The standard InChI is InChI=1S/C23H24N4O4/c1-14(2)31-21-9-15(7-8-24-21)22(28)27-17-10-19-18(5-4-6-20(19)30-13-17)16-11-25-23(29-3)26-12-16/h4-9,11-12,14,17H,10,13H2,1-3H3,(H,27,28)/t17-/m0/s1. The summed E-state index contributed by atoms with van der Waals surface area (Å²) < 4.78 is 16.6. The third kappa shape index (κ3) is 4.74. The van der Waals surface area contributed by atoms with Gasteiger partial charge in [-0.3, -0.25) is 4.79 Å². The van der Waals surface area contributed by atoms with Crippen molar-refractivity contribution in [1.29, 1.82) is 0 Å². The first-order chi connectivity index (χ1) is 15.0. The van der Waals surface area contributed by atoms with Crippen LogP contribution in [0.1, 0.15) is 29.8 Å². The number of hydrogen-bond donors (Lipinski definition) is 1. The van der Waals surface area contributed by atoms with Gasteiger partial charge in [-0.15, -0.1) is 0 Å². The number of amides is 1. The lowest BCUT2D eigenvalue weighted by molar-refractivity contribution is 0.0914. The van der Waals surface area contributed by atoms with E-state index in [9.17, 15) is 4.79 Å². The van der Waals surface area contributed by atoms with E-state index < -0.39 is 0 Å². The van der Waals surface area contributed by atoms with Gasteiger partial charge in [0.2, 0.25) is 5.88 Å². The number of methoxy groups -OCH3 is 1. The summed E-state index contributed by atoms with van der Waals surface area (Å²) in [5.41, 5.74) is 3.33. The lowest BCUT2D eigenvalue weighted by Crippen LogP contribution is -2.42. The molecular formula is C23H24N4O4. The smallest absolute Gasteiger partial charge is 0.316 e. The molecule has 0 spiro atoms. The van der Waals surface area contributed by atoms with E-state index in [1.54, 1.807) is 30.7 Å². The largest absolute Gasteiger partial charge is 0.491 e. The number of fused-ring (bicyclic) bond motifs is 1. The number of pyridine rings is 1. The van der Waals surface area contributed by atoms with E-state index in [2.05, 4.69) is 20.3 Å². The van der Waals surface area contributed by atoms with Crippen LogP contribution in [0.5, 0.6) is 17.6 Å². The minimum absolute atomic E-state index is 0.0191. The fraction of sp³-hybridized carbons (Fsp3) is 0.304. The SMILES string of the molecule is COc1ncc(-c2cccc3c2C[C@H](NC(=O)c2ccnc(OC(C)C)c2)CO3)cn1. The summed E-state index contributed by atoms with van der Waals surface area (Å²) in [5, 5.41) is 3.05. The van der Waals surface area contributed by atoms with E-state index in [-0.39, 0.29) is 18.1 Å². The summed E-state index contributed by atoms with van der Waals surface area (Å²) in [4.78, 5) is 25.3. The summed E-state index contributed by atoms with van der Waals surface area (Å²) in [6.07, 6.45) is 5.62. The van der Waals surface area contributed by atoms with Crippen LogP contribution in [0.25, 0.3) is 11.1 Å². The molecule has 0 radical (unpaired) electrons. The lowest BCUT2D eigenvalue weighted by Gasteiger charge is -2.28. The normalized spacial score (nSPS) is 15.0. The van der Waals surface area contributed by atoms with Gasteiger partial charge in [0.25, 0.3) is 5.91 Å². The van der Waals surface area contributed by atoms with Gasteiger partial charge < -0.3 is 19.5 Å². The highest BCUT2D eigenvalue weighted by molar-refractivity contribution is 5.94. The van der Waals surface area contributed by atoms with E-state index in [0.717, 1.165) is 22.4 Å². The van der Waals surface area contributed by atoms with E-state index in [0.29, 0.717) is 30.5 Å². The zero-order chi connectivity index (χ0) is 21.8. The molecule has 1 atom stereocenters. The van der Waals surface area contributed by atoms with Crippen molar-refractivity contribution >= 4 is 5.91 Å². The summed E-state index contributed by atoms with van der Waals surface area (Å²) in [7, 11) is 1.53. The molecule has 0 aliphatic carbocycles. The fourth-order valence-electron chi connectivity index (χ4n) is 3.46. The van der Waals surface area contributed by atoms with Crippen molar-refractivity contribution in [3.8, 4) is 28.8 Å². The maximum atomic E-state index is 12.8. The number of rotatable bonds is 6. The van der Waals surface area contributed by atoms with Gasteiger partial charge in [0, 0.05) is 47.8 Å². The number of nitrogens with one attached hydrogen (secondary N) is 1. The molecule has 1 aliphatic heterocycles. The number of nitrogens with zero attached hydrogens (tertiary/aromatic N) is 3. The minimum atomic E-state index is -0.196. The van der Waals surface area contributed by atoms with Gasteiger partial charge in [-0.25, -0.2) is 15.0 Å². The first-order valence-electron chi connectivity index (χ1n) is 10.1. The van der Waals surface area contributed by atoms with E-state index >= 15 is 0 Å². The molecule has 1 amide bonds. The Morgan fingerprint density at radius 1 is 1.19 bits per heavy atom. The van der Waals surface area contributed by atoms with Crippen molar-refractivity contribution < 1.29 is 19.0 Å². The van der Waals surface area contributed by atoms with E-state index in [4.69, 9.17) is 14.2 Å². The van der Waals surface area contributed by atoms with Crippen molar-refractivity contribution in [2.24, 2.45) is 0 Å². The Morgan fingerprint density at radius 2 is 2.00 bits per heavy atom. The fourth-order valence-corrected chi connectivity index (χ4v) is 3.46. The molecule has 31 heavy (non-hydrogen) atoms. The Balaban J connectivity index is 1.51. The molecule has 8 nitrogen and oxygen atoms in total. The maximum absolute atomic E-state index is 12.8. The molecule has 0 saturated heterocycles. The van der Waals surface area contributed by atoms with Crippen LogP contribution in [0.2, 0.25) is 0 Å². The third-order valence-electron chi connectivity index (χ3n) is 4.83. The number of carbonyl (C=O) groups is 1. The first-order valence-corrected chi connectivity index (χ1v) is 10.1. The monoisotopic (exact) mass is 420 g/mol. The number of ether oxygens (including phenoxy) is 3. The number of hydrogen-bond acceptors (Lipinski definition) is 7. The topological polar surface area (TPSA) is 95.5 Å². The summed E-state index contributed by atoms with van der Waals surface area (Å²) >= 11 is 0. The zero-order valence-corrected chi connectivity index (χ0v) is 17.7. The van der Waals surface area contributed by atoms with E-state index in [1.807, 2.05) is 32.0 Å². The third-order valence-corrected chi connectivity index (χ3v) is 4.83. The highest BCUT2D eigenvalue weighted by atomic mass is 16.5. The van der Waals surface area contributed by atoms with Crippen LogP contribution in [0, 0.1) is 0 Å². The molecule has 0 fully saturated rings. The Labute approximate surface area is 180 Å². The van der Waals surface area contributed by atoms with Crippen molar-refractivity contribution in [3.63, 3.8) is 0 Å². The Kier molecular flexibility index (Phi) is 5.97. The Morgan fingerprint density at radius 3 is 2.74 bits per heavy atom. The molecule has 1 aliphatic rings. The quantitative estimate of drug-likeness (QED) is 0.655. The number of carbonyl (C=O) groups excluding carboxylic acids is 1. The molecular weight excluding hydrogens is 396 g/mol. The average molecular weight is 420 g/mol. The van der Waals surface area contributed by atoms with Gasteiger partial charge in [-0.05, 0) is 31.5 Å². The molecule has 4 rings (SSSR count). The molecule has 160 valence electrons. The van der Waals surface area contributed by atoms with Crippen molar-refractivity contribution in [1.82, 2.24) is 20.3 Å². The van der Waals surface area contributed by atoms with Crippen LogP contribution in [-0.4, -0.2) is 46.7 Å². The molecule has 1 N–H and O–H groups in total. The Bertz CT molecular complexity index is 1070. The number of aromatic nitrogens is 3. The predicted octanol–water partition coefficient (Wildman–Crippen LogP) is 3.07. The lowest BCUT2D eigenvalue weighted by atomic mass is 9.94. The van der Waals surface area contributed by atoms with Crippen molar-refractivity contribution in [2.75, 3.05) is 13.7 Å². The second-order valence-electron chi connectivity index (χ2n) is 7.48. The van der Waals surface area contributed by atoms with Crippen LogP contribution in [0.3, 0.4) is 0 Å². The second-order valence-corrected chi connectivity index (χ2v) is 7.48. The van der Waals surface area contributed by atoms with Crippen molar-refractivity contribution in [2.45, 2.75) is 32.4 Å². The zero-order valence-electron chi connectivity index (χ0n) is 17.7. The van der Waals surface area contributed by atoms with Crippen LogP contribution in [0.4, 0.5) is 0 Å². The predicted molar refractivity (Wildman–Crippen MR) is 114 cm³/mol. The molecule has 1 aromatic carbocycles. The highest BCUT2D eigenvalue weighted by Crippen LogP contribution is 2.34. The number of benzene rings is 1. The van der Waals surface area contributed by atoms with E-state index in [1.165, 1.54) is 7.11 Å². The Hall–Kier alpha value is -3.68. The van der Waals surface area contributed by atoms with Crippen molar-refractivity contribution in [3.05, 3.63) is 60.0 Å². The van der Waals surface area contributed by atoms with Crippen LogP contribution >= 0.6 is 0 Å². The van der Waals surface area contributed by atoms with Gasteiger partial charge in [0.05, 0.1) is 19.3 Å². The van der Waals surface area contributed by atoms with Gasteiger partial charge >= 0.3 is 6.01 Å². The summed E-state index contributed by atoms with van der Waals surface area (Å²) in [5.74, 6) is 1.03. The molecule has 3 heterocycles. The van der Waals surface area contributed by atoms with Crippen LogP contribution in [-0.2, 0) is 6.42 Å². The van der Waals surface area contributed by atoms with Crippen LogP contribution < -0.4 is 19.5 Å². The summed E-state index contributed by atoms with van der Waals surface area (Å²) in [6.45, 7) is 4.22. The molecule has 3 aromatic rings. The summed E-state index contributed by atoms with van der Waals surface area (Å²) in [6, 6.07) is 9.31. The van der Waals surface area contributed by atoms with Gasteiger partial charge in [-0.1, -0.05) is 12.1 Å².